The van der Waals surface area contributed by atoms with Gasteiger partial charge in [-0.25, -0.2) is 9.00 Å². The minimum Gasteiger partial charge on any atom is -0.444 e. The Kier molecular flexibility index (Phi) is 4.06. The van der Waals surface area contributed by atoms with Gasteiger partial charge in [-0.3, -0.25) is 4.78 Å². The van der Waals surface area contributed by atoms with Crippen LogP contribution in [0.1, 0.15) is 33.6 Å². The summed E-state index contributed by atoms with van der Waals surface area (Å²) in [7, 11) is -0.685. The highest BCUT2D eigenvalue weighted by atomic mass is 32.2. The van der Waals surface area contributed by atoms with Crippen LogP contribution in [-0.4, -0.2) is 45.4 Å². The van der Waals surface area contributed by atoms with E-state index in [0.717, 1.165) is 0 Å². The van der Waals surface area contributed by atoms with Crippen molar-refractivity contribution in [1.29, 1.82) is 4.78 Å². The maximum Gasteiger partial charge on any atom is 0.410 e. The second kappa shape index (κ2) is 4.84. The van der Waals surface area contributed by atoms with Gasteiger partial charge >= 0.3 is 6.09 Å². The zero-order valence-corrected chi connectivity index (χ0v) is 11.8. The molecule has 0 bridgehead atoms. The Bertz CT molecular complexity index is 370. The van der Waals surface area contributed by atoms with Gasteiger partial charge in [0, 0.05) is 34.3 Å². The van der Waals surface area contributed by atoms with Crippen LogP contribution in [0.15, 0.2) is 0 Å². The van der Waals surface area contributed by atoms with E-state index in [4.69, 9.17) is 9.52 Å². The second-order valence-electron chi connectivity index (χ2n) is 5.54. The van der Waals surface area contributed by atoms with E-state index in [-0.39, 0.29) is 12.1 Å². The van der Waals surface area contributed by atoms with Crippen LogP contribution < -0.4 is 0 Å². The SMILES string of the molecule is CN(C(=O)OC(C)(C)C)C1CCS(=N)(=O)CC1. The molecule has 1 saturated heterocycles. The van der Waals surface area contributed by atoms with E-state index in [1.807, 2.05) is 20.8 Å². The first-order chi connectivity index (χ1) is 7.61. The normalized spacial score (nSPS) is 29.8. The molecule has 6 heteroatoms. The van der Waals surface area contributed by atoms with Gasteiger partial charge in [-0.1, -0.05) is 0 Å². The summed E-state index contributed by atoms with van der Waals surface area (Å²) in [5, 5.41) is 0. The molecule has 0 radical (unpaired) electrons. The summed E-state index contributed by atoms with van der Waals surface area (Å²) in [6, 6.07) is 0.0461. The summed E-state index contributed by atoms with van der Waals surface area (Å²) in [5.41, 5.74) is -0.497. The van der Waals surface area contributed by atoms with Gasteiger partial charge in [-0.2, -0.15) is 0 Å². The molecule has 0 unspecified atom stereocenters. The van der Waals surface area contributed by atoms with Crippen molar-refractivity contribution in [2.24, 2.45) is 0 Å². The van der Waals surface area contributed by atoms with Crippen LogP contribution in [0.2, 0.25) is 0 Å². The fourth-order valence-electron chi connectivity index (χ4n) is 1.77. The van der Waals surface area contributed by atoms with Crippen LogP contribution in [0.5, 0.6) is 0 Å². The third-order valence-electron chi connectivity index (χ3n) is 2.79. The predicted octanol–water partition coefficient (Wildman–Crippen LogP) is 2.06. The van der Waals surface area contributed by atoms with Crippen LogP contribution in [0, 0.1) is 4.78 Å². The third-order valence-corrected chi connectivity index (χ3v) is 4.58. The van der Waals surface area contributed by atoms with Crippen molar-refractivity contribution in [3.63, 3.8) is 0 Å². The molecule has 0 aromatic rings. The maximum absolute atomic E-state index is 11.8. The van der Waals surface area contributed by atoms with E-state index in [1.54, 1.807) is 11.9 Å². The lowest BCUT2D eigenvalue weighted by Crippen LogP contribution is -2.44. The number of carbonyl (C=O) groups excluding carboxylic acids is 1. The molecule has 17 heavy (non-hydrogen) atoms. The summed E-state index contributed by atoms with van der Waals surface area (Å²) in [4.78, 5) is 13.4. The van der Waals surface area contributed by atoms with Crippen molar-refractivity contribution in [3.8, 4) is 0 Å². The molecule has 1 rings (SSSR count). The van der Waals surface area contributed by atoms with E-state index in [1.165, 1.54) is 0 Å². The summed E-state index contributed by atoms with van der Waals surface area (Å²) in [5.74, 6) is 0.760. The summed E-state index contributed by atoms with van der Waals surface area (Å²) in [6.45, 7) is 5.49. The van der Waals surface area contributed by atoms with Gasteiger partial charge in [-0.15, -0.1) is 0 Å². The fourth-order valence-corrected chi connectivity index (χ4v) is 3.28. The van der Waals surface area contributed by atoms with Gasteiger partial charge in [-0.05, 0) is 33.6 Å². The predicted molar refractivity (Wildman–Crippen MR) is 67.6 cm³/mol. The lowest BCUT2D eigenvalue weighted by Gasteiger charge is -2.33. The standard InChI is InChI=1S/C11H22N2O3S/c1-11(2,3)16-10(14)13(4)9-5-7-17(12,15)8-6-9/h9,12H,5-8H2,1-4H3. The Labute approximate surface area is 103 Å². The number of nitrogens with one attached hydrogen (secondary N) is 1. The first kappa shape index (κ1) is 14.3. The Morgan fingerprint density at radius 2 is 1.82 bits per heavy atom. The van der Waals surface area contributed by atoms with Crippen LogP contribution in [0.25, 0.3) is 0 Å². The maximum atomic E-state index is 11.8. The van der Waals surface area contributed by atoms with Crippen LogP contribution >= 0.6 is 0 Å². The van der Waals surface area contributed by atoms with E-state index in [9.17, 15) is 9.00 Å². The topological polar surface area (TPSA) is 70.5 Å². The molecule has 0 aromatic carbocycles. The number of rotatable bonds is 1. The highest BCUT2D eigenvalue weighted by molar-refractivity contribution is 7.92. The lowest BCUT2D eigenvalue weighted by molar-refractivity contribution is 0.0213. The molecule has 1 aliphatic rings. The molecule has 1 heterocycles. The number of hydrogen-bond acceptors (Lipinski definition) is 4. The lowest BCUT2D eigenvalue weighted by atomic mass is 10.1. The van der Waals surface area contributed by atoms with Gasteiger partial charge in [0.25, 0.3) is 0 Å². The third kappa shape index (κ3) is 4.53. The minimum atomic E-state index is -2.39. The van der Waals surface area contributed by atoms with Crippen LogP contribution in [0.4, 0.5) is 4.79 Å². The Balaban J connectivity index is 2.54. The Morgan fingerprint density at radius 3 is 2.24 bits per heavy atom. The van der Waals surface area contributed by atoms with Crippen molar-refractivity contribution in [2.75, 3.05) is 18.6 Å². The summed E-state index contributed by atoms with van der Waals surface area (Å²) < 4.78 is 24.3. The molecule has 100 valence electrons. The number of ether oxygens (including phenoxy) is 1. The number of amides is 1. The monoisotopic (exact) mass is 262 g/mol. The highest BCUT2D eigenvalue weighted by Gasteiger charge is 2.29. The zero-order chi connectivity index (χ0) is 13.3. The number of hydrogen-bond donors (Lipinski definition) is 1. The van der Waals surface area contributed by atoms with E-state index < -0.39 is 15.3 Å². The molecule has 0 aromatic heterocycles. The average Bonchev–Trinajstić information content (AvgIpc) is 2.14. The summed E-state index contributed by atoms with van der Waals surface area (Å²) >= 11 is 0. The van der Waals surface area contributed by atoms with E-state index >= 15 is 0 Å². The molecule has 1 aliphatic heterocycles. The van der Waals surface area contributed by atoms with E-state index in [2.05, 4.69) is 0 Å². The van der Waals surface area contributed by atoms with Crippen molar-refractivity contribution in [1.82, 2.24) is 4.90 Å². The average molecular weight is 262 g/mol. The molecular formula is C11H22N2O3S. The molecule has 0 aliphatic carbocycles. The van der Waals surface area contributed by atoms with Gasteiger partial charge < -0.3 is 9.64 Å². The molecule has 0 spiro atoms. The molecule has 5 nitrogen and oxygen atoms in total. The molecule has 0 saturated carbocycles. The zero-order valence-electron chi connectivity index (χ0n) is 11.0. The minimum absolute atomic E-state index is 0.0461. The van der Waals surface area contributed by atoms with Crippen molar-refractivity contribution in [2.45, 2.75) is 45.3 Å². The molecular weight excluding hydrogens is 240 g/mol. The Morgan fingerprint density at radius 1 is 1.35 bits per heavy atom. The molecule has 1 fully saturated rings. The van der Waals surface area contributed by atoms with Crippen molar-refractivity contribution < 1.29 is 13.7 Å². The van der Waals surface area contributed by atoms with Gasteiger partial charge in [0.15, 0.2) is 0 Å². The van der Waals surface area contributed by atoms with Crippen LogP contribution in [-0.2, 0) is 14.5 Å². The fraction of sp³-hybridized carbons (Fsp3) is 0.909. The number of carbonyl (C=O) groups is 1. The first-order valence-electron chi connectivity index (χ1n) is 5.81. The van der Waals surface area contributed by atoms with E-state index in [0.29, 0.717) is 24.3 Å². The largest absolute Gasteiger partial charge is 0.444 e. The van der Waals surface area contributed by atoms with Crippen molar-refractivity contribution in [3.05, 3.63) is 0 Å². The van der Waals surface area contributed by atoms with Gasteiger partial charge in [0.2, 0.25) is 0 Å². The van der Waals surface area contributed by atoms with Gasteiger partial charge in [0.05, 0.1) is 0 Å². The van der Waals surface area contributed by atoms with Crippen molar-refractivity contribution >= 4 is 15.8 Å². The first-order valence-corrected chi connectivity index (χ1v) is 7.70. The molecule has 1 amide bonds. The Hall–Kier alpha value is -0.780. The second-order valence-corrected chi connectivity index (χ2v) is 7.98. The quantitative estimate of drug-likeness (QED) is 0.786. The van der Waals surface area contributed by atoms with Crippen LogP contribution in [0.3, 0.4) is 0 Å². The molecule has 1 N–H and O–H groups in total. The smallest absolute Gasteiger partial charge is 0.410 e. The van der Waals surface area contributed by atoms with Gasteiger partial charge in [0.1, 0.15) is 5.60 Å². The summed E-state index contributed by atoms with van der Waals surface area (Å²) in [6.07, 6.45) is 0.900. The molecule has 0 atom stereocenters. The number of nitrogens with zero attached hydrogens (tertiary/aromatic N) is 1. The highest BCUT2D eigenvalue weighted by Crippen LogP contribution is 2.19.